The van der Waals surface area contributed by atoms with Crippen molar-refractivity contribution >= 4 is 11.1 Å². The first-order valence-corrected chi connectivity index (χ1v) is 5.81. The zero-order valence-corrected chi connectivity index (χ0v) is 11.0. The molecule has 0 saturated heterocycles. The molecule has 0 unspecified atom stereocenters. The number of allylic oxidation sites excluding steroid dienone is 6. The highest BCUT2D eigenvalue weighted by Crippen LogP contribution is 2.22. The van der Waals surface area contributed by atoms with Crippen LogP contribution in [0.15, 0.2) is 61.2 Å². The fraction of sp³-hybridized carbons (Fsp3) is 0.176. The van der Waals surface area contributed by atoms with Crippen LogP contribution < -0.4 is 0 Å². The maximum atomic E-state index is 4.13. The monoisotopic (exact) mass is 224 g/mol. The van der Waals surface area contributed by atoms with Crippen LogP contribution in [0.25, 0.3) is 11.1 Å². The van der Waals surface area contributed by atoms with E-state index in [-0.39, 0.29) is 0 Å². The van der Waals surface area contributed by atoms with Crippen LogP contribution in [0.5, 0.6) is 0 Å². The summed E-state index contributed by atoms with van der Waals surface area (Å²) in [6, 6.07) is 8.37. The van der Waals surface area contributed by atoms with Crippen molar-refractivity contribution in [2.75, 3.05) is 0 Å². The Labute approximate surface area is 105 Å². The average molecular weight is 224 g/mol. The van der Waals surface area contributed by atoms with Gasteiger partial charge in [-0.1, -0.05) is 61.2 Å². The van der Waals surface area contributed by atoms with Gasteiger partial charge in [-0.3, -0.25) is 0 Å². The second-order valence-corrected chi connectivity index (χ2v) is 4.21. The molecule has 0 spiro atoms. The molecular weight excluding hydrogens is 204 g/mol. The molecule has 0 aromatic heterocycles. The highest BCUT2D eigenvalue weighted by Gasteiger charge is 2.01. The van der Waals surface area contributed by atoms with Crippen LogP contribution in [-0.2, 0) is 0 Å². The molecule has 0 atom stereocenters. The van der Waals surface area contributed by atoms with Crippen LogP contribution in [0.3, 0.4) is 0 Å². The molecule has 0 aliphatic heterocycles. The molecule has 1 aromatic rings. The molecular formula is C17H20. The topological polar surface area (TPSA) is 0 Å². The number of benzene rings is 1. The van der Waals surface area contributed by atoms with Gasteiger partial charge in [0.2, 0.25) is 0 Å². The normalized spacial score (nSPS) is 11.8. The molecule has 0 N–H and O–H groups in total. The number of hydrogen-bond donors (Lipinski definition) is 0. The predicted molar refractivity (Wildman–Crippen MR) is 78.8 cm³/mol. The van der Waals surface area contributed by atoms with Crippen LogP contribution in [0, 0.1) is 0 Å². The number of rotatable bonds is 4. The van der Waals surface area contributed by atoms with Crippen LogP contribution >= 0.6 is 0 Å². The van der Waals surface area contributed by atoms with Crippen molar-refractivity contribution < 1.29 is 0 Å². The lowest BCUT2D eigenvalue weighted by Gasteiger charge is -2.07. The number of hydrogen-bond acceptors (Lipinski definition) is 0. The van der Waals surface area contributed by atoms with E-state index in [4.69, 9.17) is 0 Å². The van der Waals surface area contributed by atoms with Crippen LogP contribution in [0.2, 0.25) is 0 Å². The first-order chi connectivity index (χ1) is 8.06. The van der Waals surface area contributed by atoms with E-state index in [1.807, 2.05) is 26.0 Å². The lowest BCUT2D eigenvalue weighted by Crippen LogP contribution is -1.86. The van der Waals surface area contributed by atoms with Crippen LogP contribution in [-0.4, -0.2) is 0 Å². The molecule has 0 aliphatic rings. The van der Waals surface area contributed by atoms with Gasteiger partial charge in [0.25, 0.3) is 0 Å². The van der Waals surface area contributed by atoms with Gasteiger partial charge in [0.1, 0.15) is 0 Å². The van der Waals surface area contributed by atoms with Gasteiger partial charge < -0.3 is 0 Å². The molecule has 17 heavy (non-hydrogen) atoms. The van der Waals surface area contributed by atoms with Gasteiger partial charge in [-0.05, 0) is 43.0 Å². The summed E-state index contributed by atoms with van der Waals surface area (Å²) in [6.07, 6.45) is 6.12. The Bertz CT molecular complexity index is 467. The van der Waals surface area contributed by atoms with E-state index in [1.54, 1.807) is 0 Å². The van der Waals surface area contributed by atoms with Gasteiger partial charge in [-0.25, -0.2) is 0 Å². The van der Waals surface area contributed by atoms with Gasteiger partial charge in [-0.2, -0.15) is 0 Å². The van der Waals surface area contributed by atoms with Gasteiger partial charge in [0.05, 0.1) is 0 Å². The van der Waals surface area contributed by atoms with Gasteiger partial charge in [-0.15, -0.1) is 0 Å². The summed E-state index contributed by atoms with van der Waals surface area (Å²) in [4.78, 5) is 0. The summed E-state index contributed by atoms with van der Waals surface area (Å²) in [5, 5.41) is 0. The molecule has 0 aliphatic carbocycles. The molecule has 0 fully saturated rings. The van der Waals surface area contributed by atoms with Crippen molar-refractivity contribution in [2.45, 2.75) is 20.8 Å². The Hall–Kier alpha value is -1.82. The van der Waals surface area contributed by atoms with E-state index < -0.39 is 0 Å². The second kappa shape index (κ2) is 6.05. The quantitative estimate of drug-likeness (QED) is 0.612. The van der Waals surface area contributed by atoms with Gasteiger partial charge in [0.15, 0.2) is 0 Å². The minimum Gasteiger partial charge on any atom is -0.0955 e. The van der Waals surface area contributed by atoms with Crippen LogP contribution in [0.4, 0.5) is 0 Å². The van der Waals surface area contributed by atoms with Crippen molar-refractivity contribution in [1.29, 1.82) is 0 Å². The maximum absolute atomic E-state index is 4.13. The molecule has 88 valence electrons. The average Bonchev–Trinajstić information content (AvgIpc) is 2.35. The summed E-state index contributed by atoms with van der Waals surface area (Å²) in [6.45, 7) is 14.2. The Morgan fingerprint density at radius 2 is 1.53 bits per heavy atom. The third-order valence-electron chi connectivity index (χ3n) is 2.74. The SMILES string of the molecule is C=C(C)c1ccc(C(=C)/C(C)=C\C=C/C)cc1. The summed E-state index contributed by atoms with van der Waals surface area (Å²) < 4.78 is 0. The highest BCUT2D eigenvalue weighted by atomic mass is 14.1. The third-order valence-corrected chi connectivity index (χ3v) is 2.74. The molecule has 0 radical (unpaired) electrons. The molecule has 0 amide bonds. The summed E-state index contributed by atoms with van der Waals surface area (Å²) in [5.41, 5.74) is 5.68. The molecule has 0 heterocycles. The minimum absolute atomic E-state index is 1.07. The smallest absolute Gasteiger partial charge is 0.0187 e. The Morgan fingerprint density at radius 1 is 1.00 bits per heavy atom. The lowest BCUT2D eigenvalue weighted by molar-refractivity contribution is 1.48. The molecule has 0 bridgehead atoms. The predicted octanol–water partition coefficient (Wildman–Crippen LogP) is 5.26. The van der Waals surface area contributed by atoms with Gasteiger partial charge >= 0.3 is 0 Å². The Balaban J connectivity index is 2.94. The molecule has 0 saturated carbocycles. The Morgan fingerprint density at radius 3 is 2.00 bits per heavy atom. The first kappa shape index (κ1) is 13.2. The molecule has 0 heteroatoms. The fourth-order valence-corrected chi connectivity index (χ4v) is 1.52. The molecule has 1 aromatic carbocycles. The first-order valence-electron chi connectivity index (χ1n) is 5.81. The lowest BCUT2D eigenvalue weighted by atomic mass is 9.98. The van der Waals surface area contributed by atoms with Crippen molar-refractivity contribution in [2.24, 2.45) is 0 Å². The summed E-state index contributed by atoms with van der Waals surface area (Å²) >= 11 is 0. The van der Waals surface area contributed by atoms with E-state index >= 15 is 0 Å². The van der Waals surface area contributed by atoms with Gasteiger partial charge in [0, 0.05) is 0 Å². The zero-order chi connectivity index (χ0) is 12.8. The van der Waals surface area contributed by atoms with Crippen molar-refractivity contribution in [3.63, 3.8) is 0 Å². The van der Waals surface area contributed by atoms with Crippen LogP contribution in [0.1, 0.15) is 31.9 Å². The maximum Gasteiger partial charge on any atom is -0.0187 e. The second-order valence-electron chi connectivity index (χ2n) is 4.21. The largest absolute Gasteiger partial charge is 0.0955 e. The fourth-order valence-electron chi connectivity index (χ4n) is 1.52. The van der Waals surface area contributed by atoms with E-state index in [0.717, 1.165) is 16.7 Å². The van der Waals surface area contributed by atoms with Crippen molar-refractivity contribution in [3.05, 3.63) is 72.4 Å². The zero-order valence-electron chi connectivity index (χ0n) is 11.0. The minimum atomic E-state index is 1.07. The van der Waals surface area contributed by atoms with E-state index in [1.165, 1.54) is 11.1 Å². The highest BCUT2D eigenvalue weighted by molar-refractivity contribution is 5.78. The van der Waals surface area contributed by atoms with Crippen molar-refractivity contribution in [1.82, 2.24) is 0 Å². The third kappa shape index (κ3) is 3.60. The van der Waals surface area contributed by atoms with E-state index in [0.29, 0.717) is 0 Å². The molecule has 0 nitrogen and oxygen atoms in total. The Kier molecular flexibility index (Phi) is 4.71. The standard InChI is InChI=1S/C17H20/c1-6-7-8-14(4)15(5)17-11-9-16(10-12-17)13(2)3/h6-12H,2,5H2,1,3-4H3/b7-6-,14-8-. The van der Waals surface area contributed by atoms with E-state index in [9.17, 15) is 0 Å². The summed E-state index contributed by atoms with van der Waals surface area (Å²) in [5.74, 6) is 0. The van der Waals surface area contributed by atoms with Crippen molar-refractivity contribution in [3.8, 4) is 0 Å². The van der Waals surface area contributed by atoms with E-state index in [2.05, 4.69) is 50.4 Å². The molecule has 1 rings (SSSR count). The summed E-state index contributed by atoms with van der Waals surface area (Å²) in [7, 11) is 0.